The minimum atomic E-state index is -0.608. The van der Waals surface area contributed by atoms with Gasteiger partial charge < -0.3 is 20.1 Å². The van der Waals surface area contributed by atoms with E-state index in [1.807, 2.05) is 13.0 Å². The van der Waals surface area contributed by atoms with Crippen molar-refractivity contribution in [2.75, 3.05) is 18.5 Å². The zero-order valence-electron chi connectivity index (χ0n) is 14.8. The largest absolute Gasteiger partial charge is 0.456 e. The molecule has 0 spiro atoms. The lowest BCUT2D eigenvalue weighted by Gasteiger charge is -2.19. The van der Waals surface area contributed by atoms with E-state index in [1.165, 1.54) is 0 Å². The monoisotopic (exact) mass is 414 g/mol. The fourth-order valence-corrected chi connectivity index (χ4v) is 2.05. The van der Waals surface area contributed by atoms with Crippen LogP contribution in [-0.4, -0.2) is 36.7 Å². The first-order chi connectivity index (χ1) is 11.6. The van der Waals surface area contributed by atoms with Crippen molar-refractivity contribution >= 4 is 39.6 Å². The highest BCUT2D eigenvalue weighted by Gasteiger charge is 2.16. The Hall–Kier alpha value is -2.09. The smallest absolute Gasteiger partial charge is 0.407 e. The zero-order valence-corrected chi connectivity index (χ0v) is 16.4. The fourth-order valence-electron chi connectivity index (χ4n) is 1.67. The summed E-state index contributed by atoms with van der Waals surface area (Å²) in [4.78, 5) is 34.7. The topological polar surface area (TPSA) is 93.7 Å². The number of alkyl carbamates (subject to hydrolysis) is 1. The number of carbonyl (C=O) groups excluding carboxylic acids is 3. The maximum absolute atomic E-state index is 11.8. The van der Waals surface area contributed by atoms with E-state index in [0.717, 1.165) is 10.0 Å². The summed E-state index contributed by atoms with van der Waals surface area (Å²) in [6.45, 7) is 6.84. The summed E-state index contributed by atoms with van der Waals surface area (Å²) in [6, 6.07) is 5.37. The number of hydrogen-bond acceptors (Lipinski definition) is 5. The number of hydrogen-bond donors (Lipinski definition) is 2. The fraction of sp³-hybridized carbons (Fsp3) is 0.471. The Bertz CT molecular complexity index is 640. The van der Waals surface area contributed by atoms with Crippen LogP contribution in [0.4, 0.5) is 10.5 Å². The second-order valence-corrected chi connectivity index (χ2v) is 7.21. The molecule has 1 aromatic carbocycles. The zero-order chi connectivity index (χ0) is 19.0. The normalized spacial score (nSPS) is 10.8. The van der Waals surface area contributed by atoms with Crippen molar-refractivity contribution < 1.29 is 23.9 Å². The highest BCUT2D eigenvalue weighted by Crippen LogP contribution is 2.20. The number of benzene rings is 1. The van der Waals surface area contributed by atoms with E-state index >= 15 is 0 Å². The molecule has 1 rings (SSSR count). The van der Waals surface area contributed by atoms with Crippen molar-refractivity contribution in [2.45, 2.75) is 39.7 Å². The van der Waals surface area contributed by atoms with Gasteiger partial charge in [0.1, 0.15) is 5.60 Å². The molecule has 0 fully saturated rings. The van der Waals surface area contributed by atoms with E-state index in [4.69, 9.17) is 9.47 Å². The highest BCUT2D eigenvalue weighted by atomic mass is 79.9. The van der Waals surface area contributed by atoms with Crippen LogP contribution in [-0.2, 0) is 19.1 Å². The van der Waals surface area contributed by atoms with Crippen LogP contribution in [0.2, 0.25) is 0 Å². The Kier molecular flexibility index (Phi) is 7.89. The van der Waals surface area contributed by atoms with Crippen molar-refractivity contribution in [1.82, 2.24) is 5.32 Å². The molecule has 8 heteroatoms. The van der Waals surface area contributed by atoms with Crippen LogP contribution in [0.5, 0.6) is 0 Å². The van der Waals surface area contributed by atoms with Gasteiger partial charge in [-0.05, 0) is 45.4 Å². The molecule has 2 N–H and O–H groups in total. The van der Waals surface area contributed by atoms with E-state index < -0.39 is 30.2 Å². The van der Waals surface area contributed by atoms with Crippen LogP contribution < -0.4 is 10.6 Å². The molecule has 25 heavy (non-hydrogen) atoms. The van der Waals surface area contributed by atoms with Crippen LogP contribution in [0, 0.1) is 6.92 Å². The molecule has 0 heterocycles. The summed E-state index contributed by atoms with van der Waals surface area (Å²) in [6.07, 6.45) is -0.661. The molecule has 0 bridgehead atoms. The Balaban J connectivity index is 2.26. The number of esters is 1. The van der Waals surface area contributed by atoms with Crippen LogP contribution >= 0.6 is 15.9 Å². The first-order valence-electron chi connectivity index (χ1n) is 7.75. The number of aryl methyl sites for hydroxylation is 1. The van der Waals surface area contributed by atoms with Crippen molar-refractivity contribution in [3.63, 3.8) is 0 Å². The first-order valence-corrected chi connectivity index (χ1v) is 8.54. The lowest BCUT2D eigenvalue weighted by molar-refractivity contribution is -0.147. The van der Waals surface area contributed by atoms with Gasteiger partial charge in [0.15, 0.2) is 6.61 Å². The Labute approximate surface area is 155 Å². The third kappa shape index (κ3) is 9.09. The van der Waals surface area contributed by atoms with Crippen molar-refractivity contribution in [3.8, 4) is 0 Å². The predicted molar refractivity (Wildman–Crippen MR) is 97.3 cm³/mol. The maximum atomic E-state index is 11.8. The number of rotatable bonds is 6. The molecule has 0 saturated heterocycles. The lowest BCUT2D eigenvalue weighted by Crippen LogP contribution is -2.34. The molecule has 0 aliphatic carbocycles. The standard InChI is InChI=1S/C17H23BrN2O5/c1-11-5-6-12(9-13(11)18)20-14(21)10-24-15(22)7-8-19-16(23)25-17(2,3)4/h5-6,9H,7-8,10H2,1-4H3,(H,19,23)(H,20,21). The van der Waals surface area contributed by atoms with Crippen LogP contribution in [0.1, 0.15) is 32.8 Å². The minimum absolute atomic E-state index is 0.0530. The van der Waals surface area contributed by atoms with Gasteiger partial charge in [-0.1, -0.05) is 22.0 Å². The highest BCUT2D eigenvalue weighted by molar-refractivity contribution is 9.10. The molecular weight excluding hydrogens is 392 g/mol. The second-order valence-electron chi connectivity index (χ2n) is 6.35. The number of carbonyl (C=O) groups is 3. The summed E-state index contributed by atoms with van der Waals surface area (Å²) < 4.78 is 10.8. The molecule has 2 amide bonds. The third-order valence-corrected chi connectivity index (χ3v) is 3.67. The molecule has 0 aliphatic rings. The molecule has 0 radical (unpaired) electrons. The van der Waals surface area contributed by atoms with Gasteiger partial charge in [0.25, 0.3) is 5.91 Å². The Morgan fingerprint density at radius 3 is 2.48 bits per heavy atom. The Morgan fingerprint density at radius 2 is 1.88 bits per heavy atom. The number of nitrogens with one attached hydrogen (secondary N) is 2. The molecule has 0 atom stereocenters. The van der Waals surface area contributed by atoms with Gasteiger partial charge >= 0.3 is 12.1 Å². The van der Waals surface area contributed by atoms with E-state index in [2.05, 4.69) is 26.6 Å². The maximum Gasteiger partial charge on any atom is 0.407 e. The van der Waals surface area contributed by atoms with Gasteiger partial charge in [0.05, 0.1) is 6.42 Å². The summed E-state index contributed by atoms with van der Waals surface area (Å²) in [7, 11) is 0. The van der Waals surface area contributed by atoms with E-state index in [9.17, 15) is 14.4 Å². The molecule has 0 saturated carbocycles. The molecule has 1 aromatic rings. The van der Waals surface area contributed by atoms with E-state index in [1.54, 1.807) is 32.9 Å². The number of amides is 2. The summed E-state index contributed by atoms with van der Waals surface area (Å²) in [5.74, 6) is -1.03. The molecule has 7 nitrogen and oxygen atoms in total. The van der Waals surface area contributed by atoms with Crippen LogP contribution in [0.3, 0.4) is 0 Å². The van der Waals surface area contributed by atoms with Gasteiger partial charge in [0.2, 0.25) is 0 Å². The Morgan fingerprint density at radius 1 is 1.20 bits per heavy atom. The first kappa shape index (κ1) is 21.0. The number of ether oxygens (including phenoxy) is 2. The number of anilines is 1. The molecule has 138 valence electrons. The summed E-state index contributed by atoms with van der Waals surface area (Å²) in [5.41, 5.74) is 1.04. The van der Waals surface area contributed by atoms with Crippen molar-refractivity contribution in [1.29, 1.82) is 0 Å². The molecule has 0 aromatic heterocycles. The minimum Gasteiger partial charge on any atom is -0.456 e. The van der Waals surface area contributed by atoms with Crippen LogP contribution in [0.25, 0.3) is 0 Å². The molecule has 0 unspecified atom stereocenters. The van der Waals surface area contributed by atoms with Gasteiger partial charge in [-0.2, -0.15) is 0 Å². The number of halogens is 1. The van der Waals surface area contributed by atoms with Crippen LogP contribution in [0.15, 0.2) is 22.7 Å². The van der Waals surface area contributed by atoms with Gasteiger partial charge in [-0.3, -0.25) is 9.59 Å². The van der Waals surface area contributed by atoms with Gasteiger partial charge in [0, 0.05) is 16.7 Å². The van der Waals surface area contributed by atoms with Crippen molar-refractivity contribution in [2.24, 2.45) is 0 Å². The summed E-state index contributed by atoms with van der Waals surface area (Å²) >= 11 is 3.37. The van der Waals surface area contributed by atoms with Gasteiger partial charge in [-0.25, -0.2) is 4.79 Å². The SMILES string of the molecule is Cc1ccc(NC(=O)COC(=O)CCNC(=O)OC(C)(C)C)cc1Br. The van der Waals surface area contributed by atoms with Crippen molar-refractivity contribution in [3.05, 3.63) is 28.2 Å². The predicted octanol–water partition coefficient (Wildman–Crippen LogP) is 3.15. The third-order valence-electron chi connectivity index (χ3n) is 2.82. The van der Waals surface area contributed by atoms with E-state index in [0.29, 0.717) is 5.69 Å². The molecule has 0 aliphatic heterocycles. The quantitative estimate of drug-likeness (QED) is 0.697. The van der Waals surface area contributed by atoms with E-state index in [-0.39, 0.29) is 13.0 Å². The molecular formula is C17H23BrN2O5. The average Bonchev–Trinajstić information content (AvgIpc) is 2.47. The lowest BCUT2D eigenvalue weighted by atomic mass is 10.2. The summed E-state index contributed by atoms with van der Waals surface area (Å²) in [5, 5.41) is 5.07. The van der Waals surface area contributed by atoms with Gasteiger partial charge in [-0.15, -0.1) is 0 Å². The average molecular weight is 415 g/mol. The second kappa shape index (κ2) is 9.41.